The van der Waals surface area contributed by atoms with Crippen molar-refractivity contribution in [1.82, 2.24) is 4.90 Å². The number of amides is 1. The molecule has 0 bridgehead atoms. The number of carbonyl (C=O) groups excluding carboxylic acids is 1. The van der Waals surface area contributed by atoms with Gasteiger partial charge in [0.15, 0.2) is 18.1 Å². The maximum Gasteiger partial charge on any atom is 0.261 e. The molecular weight excluding hydrogens is 366 g/mol. The first-order chi connectivity index (χ1) is 13.1. The molecule has 0 spiro atoms. The van der Waals surface area contributed by atoms with Gasteiger partial charge in [0.1, 0.15) is 19.0 Å². The number of halogens is 1. The number of nitrogens with zero attached hydrogens (tertiary/aromatic N) is 1. The van der Waals surface area contributed by atoms with E-state index in [9.17, 15) is 4.79 Å². The van der Waals surface area contributed by atoms with E-state index in [1.54, 1.807) is 12.1 Å². The van der Waals surface area contributed by atoms with Crippen LogP contribution in [-0.4, -0.2) is 37.2 Å². The van der Waals surface area contributed by atoms with Gasteiger partial charge in [0.25, 0.3) is 5.91 Å². The molecular formula is C21H22ClNO4. The van der Waals surface area contributed by atoms with Crippen LogP contribution in [0.1, 0.15) is 30.0 Å². The van der Waals surface area contributed by atoms with Gasteiger partial charge in [-0.2, -0.15) is 0 Å². The smallest absolute Gasteiger partial charge is 0.261 e. The van der Waals surface area contributed by atoms with E-state index in [1.807, 2.05) is 36.1 Å². The second kappa shape index (κ2) is 7.69. The van der Waals surface area contributed by atoms with Gasteiger partial charge >= 0.3 is 0 Å². The highest BCUT2D eigenvalue weighted by Crippen LogP contribution is 2.38. The van der Waals surface area contributed by atoms with Crippen LogP contribution in [0.25, 0.3) is 0 Å². The van der Waals surface area contributed by atoms with Gasteiger partial charge in [0.05, 0.1) is 6.04 Å². The number of aryl methyl sites for hydroxylation is 1. The van der Waals surface area contributed by atoms with Gasteiger partial charge in [0.2, 0.25) is 0 Å². The highest BCUT2D eigenvalue weighted by atomic mass is 35.5. The first-order valence-electron chi connectivity index (χ1n) is 9.20. The van der Waals surface area contributed by atoms with E-state index in [2.05, 4.69) is 0 Å². The second-order valence-corrected chi connectivity index (χ2v) is 7.28. The Balaban J connectivity index is 1.45. The Hall–Kier alpha value is -2.40. The largest absolute Gasteiger partial charge is 0.486 e. The van der Waals surface area contributed by atoms with E-state index in [0.29, 0.717) is 24.0 Å². The summed E-state index contributed by atoms with van der Waals surface area (Å²) in [5.41, 5.74) is 1.99. The number of rotatable bonds is 4. The fourth-order valence-electron chi connectivity index (χ4n) is 3.68. The Morgan fingerprint density at radius 1 is 1.19 bits per heavy atom. The first-order valence-corrected chi connectivity index (χ1v) is 9.57. The molecule has 6 heteroatoms. The number of ether oxygens (including phenoxy) is 3. The molecule has 1 amide bonds. The van der Waals surface area contributed by atoms with Crippen molar-refractivity contribution in [2.45, 2.75) is 25.8 Å². The molecule has 142 valence electrons. The fourth-order valence-corrected chi connectivity index (χ4v) is 3.90. The van der Waals surface area contributed by atoms with Gasteiger partial charge in [-0.3, -0.25) is 4.79 Å². The van der Waals surface area contributed by atoms with Crippen LogP contribution >= 0.6 is 11.6 Å². The molecule has 0 saturated carbocycles. The molecule has 2 aromatic rings. The highest BCUT2D eigenvalue weighted by Gasteiger charge is 2.31. The monoisotopic (exact) mass is 387 g/mol. The lowest BCUT2D eigenvalue weighted by Crippen LogP contribution is -2.34. The number of likely N-dealkylation sites (tertiary alicyclic amines) is 1. The van der Waals surface area contributed by atoms with E-state index in [0.717, 1.165) is 42.0 Å². The lowest BCUT2D eigenvalue weighted by atomic mass is 10.0. The Bertz CT molecular complexity index is 854. The van der Waals surface area contributed by atoms with Crippen LogP contribution in [0.4, 0.5) is 0 Å². The molecule has 0 radical (unpaired) electrons. The first kappa shape index (κ1) is 18.0. The predicted molar refractivity (Wildman–Crippen MR) is 103 cm³/mol. The Morgan fingerprint density at radius 3 is 2.81 bits per heavy atom. The summed E-state index contributed by atoms with van der Waals surface area (Å²) in [6.07, 6.45) is 1.91. The van der Waals surface area contributed by atoms with Crippen LogP contribution in [0.5, 0.6) is 17.2 Å². The van der Waals surface area contributed by atoms with Crippen LogP contribution in [-0.2, 0) is 4.79 Å². The Labute approximate surface area is 163 Å². The summed E-state index contributed by atoms with van der Waals surface area (Å²) < 4.78 is 17.0. The summed E-state index contributed by atoms with van der Waals surface area (Å²) in [7, 11) is 0. The van der Waals surface area contributed by atoms with Gasteiger partial charge < -0.3 is 19.1 Å². The number of hydrogen-bond donors (Lipinski definition) is 0. The van der Waals surface area contributed by atoms with Crippen LogP contribution in [0.15, 0.2) is 36.4 Å². The maximum atomic E-state index is 12.8. The van der Waals surface area contributed by atoms with Gasteiger partial charge in [0, 0.05) is 11.6 Å². The second-order valence-electron chi connectivity index (χ2n) is 6.85. The van der Waals surface area contributed by atoms with E-state index >= 15 is 0 Å². The van der Waals surface area contributed by atoms with Crippen molar-refractivity contribution >= 4 is 17.5 Å². The summed E-state index contributed by atoms with van der Waals surface area (Å²) in [6.45, 7) is 3.80. The zero-order valence-corrected chi connectivity index (χ0v) is 16.0. The average molecular weight is 388 g/mol. The van der Waals surface area contributed by atoms with Crippen LogP contribution in [0.2, 0.25) is 5.02 Å². The SMILES string of the molecule is Cc1cc(Cl)ccc1OCC(=O)N1CCCC1c1ccc2c(c1)OCCO2. The van der Waals surface area contributed by atoms with E-state index in [1.165, 1.54) is 0 Å². The topological polar surface area (TPSA) is 48.0 Å². The zero-order chi connectivity index (χ0) is 18.8. The molecule has 2 aliphatic heterocycles. The minimum atomic E-state index is -0.0123. The number of fused-ring (bicyclic) bond motifs is 1. The van der Waals surface area contributed by atoms with Gasteiger partial charge in [-0.05, 0) is 61.2 Å². The Morgan fingerprint density at radius 2 is 2.00 bits per heavy atom. The lowest BCUT2D eigenvalue weighted by molar-refractivity contribution is -0.134. The molecule has 1 atom stereocenters. The third kappa shape index (κ3) is 3.83. The summed E-state index contributed by atoms with van der Waals surface area (Å²) in [5, 5.41) is 0.657. The molecule has 2 aromatic carbocycles. The standard InChI is InChI=1S/C21H22ClNO4/c1-14-11-16(22)5-7-18(14)27-13-21(24)23-8-2-3-17(23)15-4-6-19-20(12-15)26-10-9-25-19/h4-7,11-12,17H,2-3,8-10,13H2,1H3. The average Bonchev–Trinajstić information content (AvgIpc) is 3.16. The van der Waals surface area contributed by atoms with Crippen LogP contribution in [0.3, 0.4) is 0 Å². The van der Waals surface area contributed by atoms with Crippen molar-refractivity contribution in [3.05, 3.63) is 52.5 Å². The third-order valence-electron chi connectivity index (χ3n) is 5.01. The molecule has 1 unspecified atom stereocenters. The molecule has 1 fully saturated rings. The molecule has 0 aliphatic carbocycles. The highest BCUT2D eigenvalue weighted by molar-refractivity contribution is 6.30. The van der Waals surface area contributed by atoms with Crippen molar-refractivity contribution in [1.29, 1.82) is 0 Å². The molecule has 27 heavy (non-hydrogen) atoms. The number of benzene rings is 2. The van der Waals surface area contributed by atoms with Crippen molar-refractivity contribution in [3.8, 4) is 17.2 Å². The Kier molecular flexibility index (Phi) is 5.12. The van der Waals surface area contributed by atoms with Gasteiger partial charge in [-0.15, -0.1) is 0 Å². The fraction of sp³-hybridized carbons (Fsp3) is 0.381. The normalized spacial score (nSPS) is 18.4. The van der Waals surface area contributed by atoms with E-state index in [4.69, 9.17) is 25.8 Å². The third-order valence-corrected chi connectivity index (χ3v) is 5.25. The van der Waals surface area contributed by atoms with E-state index in [-0.39, 0.29) is 18.6 Å². The van der Waals surface area contributed by atoms with Crippen LogP contribution in [0, 0.1) is 6.92 Å². The molecule has 2 aliphatic rings. The predicted octanol–water partition coefficient (Wildman–Crippen LogP) is 4.16. The van der Waals surface area contributed by atoms with Crippen molar-refractivity contribution in [2.75, 3.05) is 26.4 Å². The summed E-state index contributed by atoms with van der Waals surface area (Å²) in [4.78, 5) is 14.7. The molecule has 0 N–H and O–H groups in total. The molecule has 2 heterocycles. The summed E-state index contributed by atoms with van der Waals surface area (Å²) >= 11 is 5.97. The van der Waals surface area contributed by atoms with Gasteiger partial charge in [-0.1, -0.05) is 17.7 Å². The van der Waals surface area contributed by atoms with Crippen molar-refractivity contribution < 1.29 is 19.0 Å². The number of hydrogen-bond acceptors (Lipinski definition) is 4. The summed E-state index contributed by atoms with van der Waals surface area (Å²) in [6, 6.07) is 11.4. The quantitative estimate of drug-likeness (QED) is 0.790. The number of carbonyl (C=O) groups is 1. The summed E-state index contributed by atoms with van der Waals surface area (Å²) in [5.74, 6) is 2.19. The molecule has 4 rings (SSSR count). The zero-order valence-electron chi connectivity index (χ0n) is 15.2. The van der Waals surface area contributed by atoms with Crippen molar-refractivity contribution in [3.63, 3.8) is 0 Å². The molecule has 0 aromatic heterocycles. The van der Waals surface area contributed by atoms with E-state index < -0.39 is 0 Å². The minimum Gasteiger partial charge on any atom is -0.486 e. The molecule has 1 saturated heterocycles. The van der Waals surface area contributed by atoms with Gasteiger partial charge in [-0.25, -0.2) is 0 Å². The molecule has 5 nitrogen and oxygen atoms in total. The van der Waals surface area contributed by atoms with Crippen molar-refractivity contribution in [2.24, 2.45) is 0 Å². The van der Waals surface area contributed by atoms with Crippen LogP contribution < -0.4 is 14.2 Å². The maximum absolute atomic E-state index is 12.8. The lowest BCUT2D eigenvalue weighted by Gasteiger charge is -2.27. The minimum absolute atomic E-state index is 0.0123.